The van der Waals surface area contributed by atoms with Crippen LogP contribution in [0.3, 0.4) is 0 Å². The molecule has 0 spiro atoms. The molecule has 0 aromatic heterocycles. The van der Waals surface area contributed by atoms with Crippen molar-refractivity contribution in [3.63, 3.8) is 0 Å². The number of carbonyl (C=O) groups excluding carboxylic acids is 2. The number of anilines is 2. The van der Waals surface area contributed by atoms with Crippen LogP contribution in [0, 0.1) is 5.92 Å². The molecular formula is C25H29N3O4S. The van der Waals surface area contributed by atoms with E-state index in [9.17, 15) is 18.0 Å². The summed E-state index contributed by atoms with van der Waals surface area (Å²) in [6.07, 6.45) is 6.22. The lowest BCUT2D eigenvalue weighted by Gasteiger charge is -2.30. The average Bonchev–Trinajstić information content (AvgIpc) is 3.49. The van der Waals surface area contributed by atoms with Crippen LogP contribution >= 0.6 is 0 Å². The number of aryl methyl sites for hydroxylation is 1. The maximum Gasteiger partial charge on any atom is 0.264 e. The number of benzene rings is 2. The Morgan fingerprint density at radius 3 is 2.45 bits per heavy atom. The fraction of sp³-hybridized carbons (Fsp3) is 0.440. The highest BCUT2D eigenvalue weighted by molar-refractivity contribution is 7.92. The van der Waals surface area contributed by atoms with Crippen molar-refractivity contribution < 1.29 is 18.0 Å². The molecule has 33 heavy (non-hydrogen) atoms. The first kappa shape index (κ1) is 21.9. The van der Waals surface area contributed by atoms with E-state index in [0.29, 0.717) is 18.8 Å². The van der Waals surface area contributed by atoms with Gasteiger partial charge in [0.15, 0.2) is 0 Å². The average molecular weight is 468 g/mol. The second kappa shape index (κ2) is 8.82. The molecule has 0 radical (unpaired) electrons. The van der Waals surface area contributed by atoms with Gasteiger partial charge in [-0.2, -0.15) is 0 Å². The first-order valence-corrected chi connectivity index (χ1v) is 13.2. The smallest absolute Gasteiger partial charge is 0.264 e. The highest BCUT2D eigenvalue weighted by atomic mass is 32.2. The van der Waals surface area contributed by atoms with E-state index in [1.165, 1.54) is 16.4 Å². The summed E-state index contributed by atoms with van der Waals surface area (Å²) in [5.74, 6) is -0.499. The highest BCUT2D eigenvalue weighted by Crippen LogP contribution is 2.33. The molecular weight excluding hydrogens is 438 g/mol. The maximum atomic E-state index is 13.3. The number of likely N-dealkylation sites (tertiary alicyclic amines) is 1. The van der Waals surface area contributed by atoms with Crippen molar-refractivity contribution in [3.05, 3.63) is 54.1 Å². The number of para-hydroxylation sites is 1. The van der Waals surface area contributed by atoms with Crippen molar-refractivity contribution in [1.29, 1.82) is 0 Å². The van der Waals surface area contributed by atoms with Gasteiger partial charge in [-0.25, -0.2) is 8.42 Å². The third-order valence-corrected chi connectivity index (χ3v) is 8.90. The predicted octanol–water partition coefficient (Wildman–Crippen LogP) is 3.56. The molecule has 1 aliphatic carbocycles. The Morgan fingerprint density at radius 2 is 1.70 bits per heavy atom. The van der Waals surface area contributed by atoms with Crippen molar-refractivity contribution in [2.45, 2.75) is 55.9 Å². The number of carbonyl (C=O) groups is 2. The summed E-state index contributed by atoms with van der Waals surface area (Å²) in [4.78, 5) is 27.2. The van der Waals surface area contributed by atoms with Crippen molar-refractivity contribution in [2.75, 3.05) is 22.7 Å². The Morgan fingerprint density at radius 1 is 0.970 bits per heavy atom. The van der Waals surface area contributed by atoms with Gasteiger partial charge < -0.3 is 10.2 Å². The molecule has 5 rings (SSSR count). The van der Waals surface area contributed by atoms with E-state index in [1.807, 2.05) is 29.2 Å². The van der Waals surface area contributed by atoms with E-state index in [0.717, 1.165) is 49.8 Å². The number of sulfonamides is 1. The molecule has 3 aliphatic rings. The predicted molar refractivity (Wildman–Crippen MR) is 126 cm³/mol. The molecule has 1 unspecified atom stereocenters. The van der Waals surface area contributed by atoms with Gasteiger partial charge in [0.25, 0.3) is 10.0 Å². The van der Waals surface area contributed by atoms with Gasteiger partial charge in [-0.05, 0) is 61.6 Å². The monoisotopic (exact) mass is 467 g/mol. The maximum absolute atomic E-state index is 13.3. The molecule has 2 fully saturated rings. The van der Waals surface area contributed by atoms with E-state index < -0.39 is 10.0 Å². The number of hydrogen-bond donors (Lipinski definition) is 1. The van der Waals surface area contributed by atoms with Crippen molar-refractivity contribution in [2.24, 2.45) is 5.92 Å². The van der Waals surface area contributed by atoms with Crippen molar-refractivity contribution in [3.8, 4) is 0 Å². The Kier molecular flexibility index (Phi) is 5.86. The fourth-order valence-corrected chi connectivity index (χ4v) is 6.85. The van der Waals surface area contributed by atoms with Gasteiger partial charge in [0.1, 0.15) is 0 Å². The quantitative estimate of drug-likeness (QED) is 0.729. The summed E-state index contributed by atoms with van der Waals surface area (Å²) in [6.45, 7) is 0.918. The molecule has 1 atom stereocenters. The molecule has 1 saturated heterocycles. The fourth-order valence-electron chi connectivity index (χ4n) is 5.31. The molecule has 2 aliphatic heterocycles. The van der Waals surface area contributed by atoms with Crippen molar-refractivity contribution in [1.82, 2.24) is 4.90 Å². The normalized spacial score (nSPS) is 21.3. The minimum Gasteiger partial charge on any atom is -0.339 e. The molecule has 2 amide bonds. The minimum atomic E-state index is -3.69. The zero-order valence-corrected chi connectivity index (χ0v) is 19.4. The molecule has 7 nitrogen and oxygen atoms in total. The number of rotatable bonds is 5. The second-order valence-corrected chi connectivity index (χ2v) is 11.1. The van der Waals surface area contributed by atoms with Gasteiger partial charge in [0.05, 0.1) is 16.5 Å². The Hall–Kier alpha value is -2.87. The molecule has 2 aromatic rings. The highest BCUT2D eigenvalue weighted by Gasteiger charge is 2.38. The van der Waals surface area contributed by atoms with Crippen LogP contribution in [0.25, 0.3) is 0 Å². The zero-order chi connectivity index (χ0) is 23.0. The topological polar surface area (TPSA) is 86.8 Å². The van der Waals surface area contributed by atoms with E-state index in [2.05, 4.69) is 5.32 Å². The Balaban J connectivity index is 1.26. The lowest BCUT2D eigenvalue weighted by atomic mass is 10.0. The first-order chi connectivity index (χ1) is 15.9. The van der Waals surface area contributed by atoms with E-state index in [-0.39, 0.29) is 35.1 Å². The Labute approximate surface area is 194 Å². The number of amides is 2. The summed E-state index contributed by atoms with van der Waals surface area (Å²) in [5, 5.41) is 2.86. The van der Waals surface area contributed by atoms with E-state index in [4.69, 9.17) is 0 Å². The van der Waals surface area contributed by atoms with Gasteiger partial charge in [-0.15, -0.1) is 0 Å². The van der Waals surface area contributed by atoms with Crippen LogP contribution in [0.1, 0.15) is 44.1 Å². The van der Waals surface area contributed by atoms with Crippen LogP contribution in [0.2, 0.25) is 0 Å². The van der Waals surface area contributed by atoms with Crippen LogP contribution in [-0.2, 0) is 26.0 Å². The summed E-state index contributed by atoms with van der Waals surface area (Å²) in [5.41, 5.74) is 2.30. The van der Waals surface area contributed by atoms with E-state index in [1.54, 1.807) is 12.1 Å². The van der Waals surface area contributed by atoms with Gasteiger partial charge in [0.2, 0.25) is 11.8 Å². The largest absolute Gasteiger partial charge is 0.339 e. The van der Waals surface area contributed by atoms with E-state index >= 15 is 0 Å². The molecule has 2 heterocycles. The molecule has 0 bridgehead atoms. The SMILES string of the molecule is O=C(Nc1ccc(S(=O)(=O)N2CCCc3ccccc32)cc1)C1CC(=O)N(C2CCCC2)C1. The van der Waals surface area contributed by atoms with Crippen LogP contribution in [-0.4, -0.2) is 44.3 Å². The summed E-state index contributed by atoms with van der Waals surface area (Å²) in [6, 6.07) is 14.2. The van der Waals surface area contributed by atoms with Crippen LogP contribution < -0.4 is 9.62 Å². The first-order valence-electron chi connectivity index (χ1n) is 11.7. The Bertz CT molecular complexity index is 1160. The standard InChI is InChI=1S/C25H29N3O4S/c29-24-16-19(17-27(24)21-8-2-3-9-21)25(30)26-20-11-13-22(14-12-20)33(31,32)28-15-5-7-18-6-1-4-10-23(18)28/h1,4,6,10-14,19,21H,2-3,5,7-9,15-17H2,(H,26,30). The molecule has 1 saturated carbocycles. The number of nitrogens with zero attached hydrogens (tertiary/aromatic N) is 2. The third kappa shape index (κ3) is 4.24. The zero-order valence-electron chi connectivity index (χ0n) is 18.6. The molecule has 174 valence electrons. The molecule has 1 N–H and O–H groups in total. The molecule has 2 aromatic carbocycles. The molecule has 8 heteroatoms. The number of fused-ring (bicyclic) bond motifs is 1. The summed E-state index contributed by atoms with van der Waals surface area (Å²) >= 11 is 0. The van der Waals surface area contributed by atoms with Crippen LogP contribution in [0.5, 0.6) is 0 Å². The van der Waals surface area contributed by atoms with Gasteiger partial charge in [-0.3, -0.25) is 13.9 Å². The summed E-state index contributed by atoms with van der Waals surface area (Å²) < 4.78 is 28.0. The number of nitrogens with one attached hydrogen (secondary N) is 1. The second-order valence-electron chi connectivity index (χ2n) is 9.21. The van der Waals surface area contributed by atoms with Crippen LogP contribution in [0.15, 0.2) is 53.4 Å². The minimum absolute atomic E-state index is 0.0605. The van der Waals surface area contributed by atoms with Gasteiger partial charge in [0, 0.05) is 31.2 Å². The number of hydrogen-bond acceptors (Lipinski definition) is 4. The van der Waals surface area contributed by atoms with Gasteiger partial charge >= 0.3 is 0 Å². The lowest BCUT2D eigenvalue weighted by Crippen LogP contribution is -2.35. The lowest BCUT2D eigenvalue weighted by molar-refractivity contribution is -0.129. The van der Waals surface area contributed by atoms with Crippen LogP contribution in [0.4, 0.5) is 11.4 Å². The van der Waals surface area contributed by atoms with Gasteiger partial charge in [-0.1, -0.05) is 31.0 Å². The third-order valence-electron chi connectivity index (χ3n) is 7.07. The summed E-state index contributed by atoms with van der Waals surface area (Å²) in [7, 11) is -3.69. The van der Waals surface area contributed by atoms with Crippen molar-refractivity contribution >= 4 is 33.2 Å².